The maximum Gasteiger partial charge on any atom is 0.278 e. The highest BCUT2D eigenvalue weighted by Gasteiger charge is 2.23. The third-order valence-electron chi connectivity index (χ3n) is 1.88. The Balaban J connectivity index is 3.50. The summed E-state index contributed by atoms with van der Waals surface area (Å²) in [5.41, 5.74) is -0.569. The van der Waals surface area contributed by atoms with Crippen molar-refractivity contribution in [1.29, 1.82) is 0 Å². The lowest BCUT2D eigenvalue weighted by Crippen LogP contribution is -2.04. The molecule has 1 aromatic heterocycles. The van der Waals surface area contributed by atoms with Crippen molar-refractivity contribution >= 4 is 19.7 Å². The van der Waals surface area contributed by atoms with Crippen molar-refractivity contribution in [3.05, 3.63) is 17.3 Å². The highest BCUT2D eigenvalue weighted by atomic mass is 35.7. The molecule has 90 valence electrons. The molecule has 0 radical (unpaired) electrons. The van der Waals surface area contributed by atoms with Gasteiger partial charge in [0, 0.05) is 16.7 Å². The molecular formula is C8H8ClF2NO3S. The number of nitrogens with zero attached hydrogens (tertiary/aromatic N) is 1. The van der Waals surface area contributed by atoms with Gasteiger partial charge in [0.2, 0.25) is 0 Å². The van der Waals surface area contributed by atoms with Gasteiger partial charge in [-0.05, 0) is 6.92 Å². The highest BCUT2D eigenvalue weighted by Crippen LogP contribution is 2.33. The van der Waals surface area contributed by atoms with Gasteiger partial charge in [-0.25, -0.2) is 22.2 Å². The fraction of sp³-hybridized carbons (Fsp3) is 0.375. The number of ether oxygens (including phenoxy) is 1. The van der Waals surface area contributed by atoms with E-state index >= 15 is 0 Å². The maximum atomic E-state index is 12.6. The highest BCUT2D eigenvalue weighted by molar-refractivity contribution is 8.13. The van der Waals surface area contributed by atoms with Crippen molar-refractivity contribution in [3.8, 4) is 5.75 Å². The quantitative estimate of drug-likeness (QED) is 0.792. The SMILES string of the molecule is COc1cc(S(=O)(=O)Cl)nc(C)c1C(F)F. The zero-order valence-corrected chi connectivity index (χ0v) is 9.94. The predicted molar refractivity (Wildman–Crippen MR) is 53.5 cm³/mol. The van der Waals surface area contributed by atoms with Crippen LogP contribution in [0.25, 0.3) is 0 Å². The van der Waals surface area contributed by atoms with Crippen LogP contribution >= 0.6 is 10.7 Å². The van der Waals surface area contributed by atoms with Gasteiger partial charge in [0.25, 0.3) is 15.5 Å². The fourth-order valence-electron chi connectivity index (χ4n) is 1.19. The van der Waals surface area contributed by atoms with Gasteiger partial charge in [0.05, 0.1) is 18.4 Å². The van der Waals surface area contributed by atoms with Crippen LogP contribution in [0.5, 0.6) is 5.75 Å². The predicted octanol–water partition coefficient (Wildman–Crippen LogP) is 2.26. The summed E-state index contributed by atoms with van der Waals surface area (Å²) < 4.78 is 51.9. The van der Waals surface area contributed by atoms with Crippen LogP contribution in [0.15, 0.2) is 11.1 Å². The molecule has 0 aliphatic heterocycles. The standard InChI is InChI=1S/C8H8ClF2NO3S/c1-4-7(8(10)11)5(15-2)3-6(12-4)16(9,13)14/h3,8H,1-2H3. The first-order valence-electron chi connectivity index (χ1n) is 4.05. The second-order valence-electron chi connectivity index (χ2n) is 2.90. The number of halogens is 3. The summed E-state index contributed by atoms with van der Waals surface area (Å²) in [6.45, 7) is 1.26. The lowest BCUT2D eigenvalue weighted by atomic mass is 10.2. The van der Waals surface area contributed by atoms with Gasteiger partial charge in [0.15, 0.2) is 5.03 Å². The molecule has 0 amide bonds. The van der Waals surface area contributed by atoms with Crippen molar-refractivity contribution in [2.24, 2.45) is 0 Å². The van der Waals surface area contributed by atoms with E-state index < -0.39 is 26.1 Å². The van der Waals surface area contributed by atoms with E-state index in [1.54, 1.807) is 0 Å². The summed E-state index contributed by atoms with van der Waals surface area (Å²) in [7, 11) is 2.15. The van der Waals surface area contributed by atoms with Gasteiger partial charge in [0.1, 0.15) is 5.75 Å². The number of aryl methyl sites for hydroxylation is 1. The third-order valence-corrected chi connectivity index (χ3v) is 3.06. The Morgan fingerprint density at radius 3 is 2.44 bits per heavy atom. The van der Waals surface area contributed by atoms with E-state index in [1.807, 2.05) is 0 Å². The minimum absolute atomic E-state index is 0.131. The summed E-state index contributed by atoms with van der Waals surface area (Å²) in [4.78, 5) is 3.49. The number of hydrogen-bond acceptors (Lipinski definition) is 4. The molecule has 0 N–H and O–H groups in total. The van der Waals surface area contributed by atoms with Gasteiger partial charge < -0.3 is 4.74 Å². The van der Waals surface area contributed by atoms with E-state index in [0.717, 1.165) is 13.2 Å². The third kappa shape index (κ3) is 2.59. The number of aromatic nitrogens is 1. The molecule has 0 saturated heterocycles. The van der Waals surface area contributed by atoms with E-state index in [0.29, 0.717) is 0 Å². The molecule has 0 aromatic carbocycles. The lowest BCUT2D eigenvalue weighted by molar-refractivity contribution is 0.145. The van der Waals surface area contributed by atoms with Gasteiger partial charge in [-0.15, -0.1) is 0 Å². The Hall–Kier alpha value is -0.950. The van der Waals surface area contributed by atoms with Crippen LogP contribution in [0.3, 0.4) is 0 Å². The van der Waals surface area contributed by atoms with Crippen molar-refractivity contribution in [1.82, 2.24) is 4.98 Å². The summed E-state index contributed by atoms with van der Waals surface area (Å²) in [6.07, 6.45) is -2.80. The summed E-state index contributed by atoms with van der Waals surface area (Å²) >= 11 is 0. The molecule has 0 spiro atoms. The number of pyridine rings is 1. The zero-order valence-electron chi connectivity index (χ0n) is 8.37. The van der Waals surface area contributed by atoms with E-state index in [1.165, 1.54) is 6.92 Å². The second kappa shape index (κ2) is 4.50. The summed E-state index contributed by atoms with van der Waals surface area (Å²) in [6, 6.07) is 0.872. The lowest BCUT2D eigenvalue weighted by Gasteiger charge is -2.11. The van der Waals surface area contributed by atoms with Crippen molar-refractivity contribution in [2.75, 3.05) is 7.11 Å². The summed E-state index contributed by atoms with van der Waals surface area (Å²) in [5, 5.41) is -0.507. The first-order valence-corrected chi connectivity index (χ1v) is 6.36. The van der Waals surface area contributed by atoms with E-state index in [4.69, 9.17) is 10.7 Å². The van der Waals surface area contributed by atoms with Gasteiger partial charge in [-0.3, -0.25) is 0 Å². The normalized spacial score (nSPS) is 11.9. The van der Waals surface area contributed by atoms with Crippen molar-refractivity contribution in [3.63, 3.8) is 0 Å². The molecule has 0 saturated carbocycles. The Labute approximate surface area is 95.6 Å². The number of methoxy groups -OCH3 is 1. The smallest absolute Gasteiger partial charge is 0.278 e. The van der Waals surface area contributed by atoms with Gasteiger partial charge >= 0.3 is 0 Å². The molecule has 0 unspecified atom stereocenters. The van der Waals surface area contributed by atoms with Crippen LogP contribution in [-0.4, -0.2) is 20.5 Å². The van der Waals surface area contributed by atoms with Gasteiger partial charge in [-0.1, -0.05) is 0 Å². The van der Waals surface area contributed by atoms with Crippen LogP contribution in [0.4, 0.5) is 8.78 Å². The zero-order chi connectivity index (χ0) is 12.5. The Morgan fingerprint density at radius 2 is 2.06 bits per heavy atom. The maximum absolute atomic E-state index is 12.6. The number of rotatable bonds is 3. The fourth-order valence-corrected chi connectivity index (χ4v) is 1.92. The molecule has 0 bridgehead atoms. The van der Waals surface area contributed by atoms with Crippen LogP contribution in [0.2, 0.25) is 0 Å². The van der Waals surface area contributed by atoms with Crippen LogP contribution in [0.1, 0.15) is 17.7 Å². The first kappa shape index (κ1) is 13.1. The Morgan fingerprint density at radius 1 is 1.50 bits per heavy atom. The molecular weight excluding hydrogens is 264 g/mol. The largest absolute Gasteiger partial charge is 0.496 e. The Bertz CT molecular complexity index is 504. The molecule has 0 aliphatic carbocycles. The van der Waals surface area contributed by atoms with E-state index in [2.05, 4.69) is 9.72 Å². The van der Waals surface area contributed by atoms with Crippen molar-refractivity contribution in [2.45, 2.75) is 18.4 Å². The molecule has 1 rings (SSSR count). The molecule has 4 nitrogen and oxygen atoms in total. The minimum atomic E-state index is -4.06. The van der Waals surface area contributed by atoms with Crippen LogP contribution in [-0.2, 0) is 9.05 Å². The molecule has 1 heterocycles. The van der Waals surface area contributed by atoms with Crippen LogP contribution in [0, 0.1) is 6.92 Å². The molecule has 16 heavy (non-hydrogen) atoms. The van der Waals surface area contributed by atoms with Gasteiger partial charge in [-0.2, -0.15) is 0 Å². The molecule has 0 atom stereocenters. The average Bonchev–Trinajstić information content (AvgIpc) is 2.14. The van der Waals surface area contributed by atoms with Crippen LogP contribution < -0.4 is 4.74 Å². The topological polar surface area (TPSA) is 56.3 Å². The summed E-state index contributed by atoms with van der Waals surface area (Å²) in [5.74, 6) is -0.248. The monoisotopic (exact) mass is 271 g/mol. The first-order chi connectivity index (χ1) is 7.27. The molecule has 1 aromatic rings. The van der Waals surface area contributed by atoms with E-state index in [-0.39, 0.29) is 11.4 Å². The molecule has 8 heteroatoms. The minimum Gasteiger partial charge on any atom is -0.496 e. The number of alkyl halides is 2. The number of hydrogen-bond donors (Lipinski definition) is 0. The van der Waals surface area contributed by atoms with Crippen molar-refractivity contribution < 1.29 is 21.9 Å². The second-order valence-corrected chi connectivity index (χ2v) is 5.41. The molecule has 0 aliphatic rings. The molecule has 0 fully saturated rings. The van der Waals surface area contributed by atoms with E-state index in [9.17, 15) is 17.2 Å². The average molecular weight is 272 g/mol. The Kier molecular flexibility index (Phi) is 3.69.